The van der Waals surface area contributed by atoms with Gasteiger partial charge >= 0.3 is 0 Å². The Kier molecular flexibility index (Phi) is 3.81. The molecule has 1 aromatic carbocycles. The minimum Gasteiger partial charge on any atom is -0.297 e. The third kappa shape index (κ3) is 2.61. The first kappa shape index (κ1) is 14.6. The lowest BCUT2D eigenvalue weighted by molar-refractivity contribution is -0.114. The van der Waals surface area contributed by atoms with E-state index in [1.165, 1.54) is 16.2 Å². The van der Waals surface area contributed by atoms with Crippen molar-refractivity contribution in [2.75, 3.05) is 11.4 Å². The fourth-order valence-corrected chi connectivity index (χ4v) is 3.79. The van der Waals surface area contributed by atoms with Crippen molar-refractivity contribution in [1.29, 1.82) is 0 Å². The Hall–Kier alpha value is -1.31. The summed E-state index contributed by atoms with van der Waals surface area (Å²) in [6.07, 6.45) is 0. The van der Waals surface area contributed by atoms with Gasteiger partial charge in [-0.25, -0.2) is 0 Å². The van der Waals surface area contributed by atoms with Gasteiger partial charge in [0.15, 0.2) is 5.78 Å². The number of halogens is 2. The number of anilines is 1. The van der Waals surface area contributed by atoms with Gasteiger partial charge in [-0.05, 0) is 46.3 Å². The molecule has 0 radical (unpaired) electrons. The summed E-state index contributed by atoms with van der Waals surface area (Å²) >= 11 is 7.87. The highest BCUT2D eigenvalue weighted by atomic mass is 79.9. The second-order valence-corrected chi connectivity index (χ2v) is 7.79. The molecule has 0 bridgehead atoms. The lowest BCUT2D eigenvalue weighted by atomic mass is 10.1. The van der Waals surface area contributed by atoms with Crippen LogP contribution in [0.2, 0.25) is 0 Å². The monoisotopic (exact) mass is 427 g/mol. The smallest absolute Gasteiger partial charge is 0.297 e. The molecule has 7 heteroatoms. The van der Waals surface area contributed by atoms with E-state index >= 15 is 0 Å². The Bertz CT molecular complexity index is 784. The van der Waals surface area contributed by atoms with Crippen molar-refractivity contribution < 1.29 is 14.4 Å². The first-order valence-corrected chi connectivity index (χ1v) is 8.32. The average Bonchev–Trinajstić information content (AvgIpc) is 2.97. The minimum atomic E-state index is -0.660. The van der Waals surface area contributed by atoms with Gasteiger partial charge in [-0.1, -0.05) is 15.9 Å². The molecule has 0 fully saturated rings. The van der Waals surface area contributed by atoms with Gasteiger partial charge in [0.2, 0.25) is 0 Å². The number of Topliss-reactive ketones (excluding diaryl/α,β-unsaturated/α-hetero) is 2. The van der Waals surface area contributed by atoms with Gasteiger partial charge in [0.25, 0.3) is 11.7 Å². The maximum absolute atomic E-state index is 12.2. The second kappa shape index (κ2) is 5.47. The van der Waals surface area contributed by atoms with Crippen LogP contribution in [0.3, 0.4) is 0 Å². The van der Waals surface area contributed by atoms with Crippen LogP contribution in [-0.2, 0) is 4.79 Å². The van der Waals surface area contributed by atoms with Crippen LogP contribution < -0.4 is 4.90 Å². The number of benzene rings is 1. The predicted octanol–water partition coefficient (Wildman–Crippen LogP) is 3.69. The summed E-state index contributed by atoms with van der Waals surface area (Å²) in [7, 11) is 0. The van der Waals surface area contributed by atoms with Gasteiger partial charge in [0.05, 0.1) is 26.5 Å². The normalized spacial score (nSPS) is 13.7. The molecule has 0 atom stereocenters. The molecule has 106 valence electrons. The minimum absolute atomic E-state index is 0.133. The molecule has 0 N–H and O–H groups in total. The van der Waals surface area contributed by atoms with E-state index in [-0.39, 0.29) is 12.3 Å². The van der Waals surface area contributed by atoms with Crippen LogP contribution in [-0.4, -0.2) is 24.0 Å². The summed E-state index contributed by atoms with van der Waals surface area (Å²) in [6, 6.07) is 8.48. The Balaban J connectivity index is 1.92. The molecule has 1 aliphatic heterocycles. The summed E-state index contributed by atoms with van der Waals surface area (Å²) in [5.41, 5.74) is 0.812. The number of carbonyl (C=O) groups excluding carboxylic acids is 3. The van der Waals surface area contributed by atoms with Gasteiger partial charge < -0.3 is 0 Å². The molecular formula is C14H7Br2NO3S. The number of carbonyl (C=O) groups is 3. The number of fused-ring (bicyclic) bond motifs is 1. The summed E-state index contributed by atoms with van der Waals surface area (Å²) in [4.78, 5) is 38.0. The Morgan fingerprint density at radius 2 is 1.90 bits per heavy atom. The Morgan fingerprint density at radius 1 is 1.14 bits per heavy atom. The lowest BCUT2D eigenvalue weighted by Gasteiger charge is -2.14. The molecule has 2 heterocycles. The second-order valence-electron chi connectivity index (χ2n) is 4.41. The third-order valence-corrected chi connectivity index (χ3v) is 5.24. The Labute approximate surface area is 141 Å². The number of hydrogen-bond donors (Lipinski definition) is 0. The van der Waals surface area contributed by atoms with Crippen molar-refractivity contribution in [1.82, 2.24) is 0 Å². The highest BCUT2D eigenvalue weighted by Gasteiger charge is 2.37. The molecule has 4 nitrogen and oxygen atoms in total. The number of amides is 1. The predicted molar refractivity (Wildman–Crippen MR) is 87.2 cm³/mol. The summed E-state index contributed by atoms with van der Waals surface area (Å²) < 4.78 is 1.57. The molecule has 2 aromatic rings. The van der Waals surface area contributed by atoms with Gasteiger partial charge in [-0.3, -0.25) is 19.3 Å². The average molecular weight is 429 g/mol. The van der Waals surface area contributed by atoms with Crippen LogP contribution in [0.1, 0.15) is 20.0 Å². The van der Waals surface area contributed by atoms with Gasteiger partial charge in [-0.2, -0.15) is 0 Å². The lowest BCUT2D eigenvalue weighted by Crippen LogP contribution is -2.34. The van der Waals surface area contributed by atoms with Crippen LogP contribution in [0.5, 0.6) is 0 Å². The van der Waals surface area contributed by atoms with E-state index in [0.717, 1.165) is 8.26 Å². The van der Waals surface area contributed by atoms with Crippen molar-refractivity contribution >= 4 is 66.4 Å². The van der Waals surface area contributed by atoms with Crippen LogP contribution in [0.25, 0.3) is 0 Å². The van der Waals surface area contributed by atoms with Crippen LogP contribution in [0.15, 0.2) is 38.6 Å². The topological polar surface area (TPSA) is 54.5 Å². The van der Waals surface area contributed by atoms with Crippen molar-refractivity contribution in [3.8, 4) is 0 Å². The van der Waals surface area contributed by atoms with Gasteiger partial charge in [-0.15, -0.1) is 11.3 Å². The fourth-order valence-electron chi connectivity index (χ4n) is 2.12. The number of thiophene rings is 1. The molecule has 0 unspecified atom stereocenters. The highest BCUT2D eigenvalue weighted by Crippen LogP contribution is 2.32. The summed E-state index contributed by atoms with van der Waals surface area (Å²) in [6.45, 7) is -0.133. The van der Waals surface area contributed by atoms with Crippen molar-refractivity contribution in [3.63, 3.8) is 0 Å². The zero-order chi connectivity index (χ0) is 15.1. The standard InChI is InChI=1S/C14H7Br2NO3S/c15-7-1-2-9-8(5-7)13(19)14(20)17(9)6-10(18)11-3-4-12(16)21-11/h1-5H,6H2. The Morgan fingerprint density at radius 3 is 2.57 bits per heavy atom. The van der Waals surface area contributed by atoms with Crippen LogP contribution in [0, 0.1) is 0 Å². The molecule has 1 aromatic heterocycles. The fraction of sp³-hybridized carbons (Fsp3) is 0.0714. The summed E-state index contributed by atoms with van der Waals surface area (Å²) in [5, 5.41) is 0. The van der Waals surface area contributed by atoms with Crippen molar-refractivity contribution in [3.05, 3.63) is 49.0 Å². The first-order valence-electron chi connectivity index (χ1n) is 5.91. The molecule has 21 heavy (non-hydrogen) atoms. The van der Waals surface area contributed by atoms with Crippen LogP contribution >= 0.6 is 43.2 Å². The maximum atomic E-state index is 12.2. The summed E-state index contributed by atoms with van der Waals surface area (Å²) in [5.74, 6) is -1.43. The molecule has 1 aliphatic rings. The van der Waals surface area contributed by atoms with E-state index in [1.807, 2.05) is 0 Å². The zero-order valence-electron chi connectivity index (χ0n) is 10.4. The first-order chi connectivity index (χ1) is 9.97. The molecule has 0 aliphatic carbocycles. The van der Waals surface area contributed by atoms with E-state index in [4.69, 9.17) is 0 Å². The molecular weight excluding hydrogens is 422 g/mol. The van der Waals surface area contributed by atoms with Gasteiger partial charge in [0.1, 0.15) is 0 Å². The van der Waals surface area contributed by atoms with Crippen molar-refractivity contribution in [2.24, 2.45) is 0 Å². The molecule has 3 rings (SSSR count). The largest absolute Gasteiger partial charge is 0.299 e. The SMILES string of the molecule is O=C(CN1C(=O)C(=O)c2cc(Br)ccc21)c1ccc(Br)s1. The molecule has 0 spiro atoms. The molecule has 1 amide bonds. The van der Waals surface area contributed by atoms with Gasteiger partial charge in [0, 0.05) is 4.47 Å². The molecule has 0 saturated carbocycles. The highest BCUT2D eigenvalue weighted by molar-refractivity contribution is 9.11. The van der Waals surface area contributed by atoms with E-state index in [1.54, 1.807) is 30.3 Å². The molecule has 0 saturated heterocycles. The number of rotatable bonds is 3. The number of hydrogen-bond acceptors (Lipinski definition) is 4. The van der Waals surface area contributed by atoms with E-state index in [2.05, 4.69) is 31.9 Å². The van der Waals surface area contributed by atoms with E-state index in [9.17, 15) is 14.4 Å². The number of ketones is 2. The van der Waals surface area contributed by atoms with E-state index in [0.29, 0.717) is 16.1 Å². The zero-order valence-corrected chi connectivity index (χ0v) is 14.4. The third-order valence-electron chi connectivity index (χ3n) is 3.08. The maximum Gasteiger partial charge on any atom is 0.299 e. The quantitative estimate of drug-likeness (QED) is 0.553. The van der Waals surface area contributed by atoms with Crippen molar-refractivity contribution in [2.45, 2.75) is 0 Å². The van der Waals surface area contributed by atoms with Crippen LogP contribution in [0.4, 0.5) is 5.69 Å². The van der Waals surface area contributed by atoms with E-state index < -0.39 is 11.7 Å². The number of nitrogens with zero attached hydrogens (tertiary/aromatic N) is 1.